The van der Waals surface area contributed by atoms with E-state index in [9.17, 15) is 13.9 Å². The van der Waals surface area contributed by atoms with Crippen LogP contribution in [0.25, 0.3) is 32.9 Å². The molecule has 2 aromatic heterocycles. The number of nitrogens with one attached hydrogen (secondary N) is 1. The summed E-state index contributed by atoms with van der Waals surface area (Å²) in [7, 11) is 0. The van der Waals surface area contributed by atoms with Gasteiger partial charge in [0.05, 0.1) is 29.3 Å². The fraction of sp³-hybridized carbons (Fsp3) is 0.485. The van der Waals surface area contributed by atoms with Gasteiger partial charge in [0.1, 0.15) is 41.4 Å². The van der Waals surface area contributed by atoms with Crippen molar-refractivity contribution >= 4 is 39.1 Å². The van der Waals surface area contributed by atoms with E-state index in [-0.39, 0.29) is 51.1 Å². The number of alkyl halides is 1. The summed E-state index contributed by atoms with van der Waals surface area (Å²) in [6.07, 6.45) is 5.41. The number of hydrogen-bond acceptors (Lipinski definition) is 9. The Labute approximate surface area is 268 Å². The third-order valence-electron chi connectivity index (χ3n) is 10.3. The second kappa shape index (κ2) is 11.4. The molecule has 0 aliphatic carbocycles. The highest BCUT2D eigenvalue weighted by Crippen LogP contribution is 2.43. The fourth-order valence-corrected chi connectivity index (χ4v) is 8.30. The summed E-state index contributed by atoms with van der Waals surface area (Å²) in [6, 6.07) is 5.41. The number of nitrogens with zero attached hydrogens (tertiary/aromatic N) is 5. The van der Waals surface area contributed by atoms with Gasteiger partial charge in [-0.15, -0.1) is 0 Å². The number of hydrogen-bond donors (Lipinski definition) is 2. The molecule has 4 fully saturated rings. The van der Waals surface area contributed by atoms with Crippen molar-refractivity contribution in [2.24, 2.45) is 0 Å². The van der Waals surface area contributed by atoms with Gasteiger partial charge in [-0.25, -0.2) is 13.2 Å². The zero-order chi connectivity index (χ0) is 31.6. The highest BCUT2D eigenvalue weighted by Gasteiger charge is 2.49. The van der Waals surface area contributed by atoms with Crippen LogP contribution in [0.1, 0.15) is 38.5 Å². The number of phenols is 1. The number of aromatic nitrogens is 3. The molecule has 0 bridgehead atoms. The van der Waals surface area contributed by atoms with Crippen molar-refractivity contribution in [3.8, 4) is 23.0 Å². The first-order valence-electron chi connectivity index (χ1n) is 15.8. The van der Waals surface area contributed by atoms with Crippen molar-refractivity contribution in [1.29, 1.82) is 0 Å². The Morgan fingerprint density at radius 2 is 2.00 bits per heavy atom. The van der Waals surface area contributed by atoms with Crippen molar-refractivity contribution in [3.63, 3.8) is 0 Å². The molecule has 0 saturated carbocycles. The third kappa shape index (κ3) is 5.01. The van der Waals surface area contributed by atoms with Crippen LogP contribution in [-0.4, -0.2) is 88.3 Å². The lowest BCUT2D eigenvalue weighted by Gasteiger charge is -2.46. The zero-order valence-corrected chi connectivity index (χ0v) is 25.9. The first kappa shape index (κ1) is 29.9. The molecule has 4 aliphatic rings. The average molecular weight is 655 g/mol. The fourth-order valence-electron chi connectivity index (χ4n) is 8.02. The number of rotatable bonds is 5. The first-order chi connectivity index (χ1) is 22.2. The number of phenolic OH excluding ortho intramolecular Hbond substituents is 1. The summed E-state index contributed by atoms with van der Waals surface area (Å²) in [6.45, 7) is 3.79. The van der Waals surface area contributed by atoms with Crippen LogP contribution in [0.5, 0.6) is 11.8 Å². The number of aromatic hydroxyl groups is 1. The van der Waals surface area contributed by atoms with Crippen LogP contribution in [-0.2, 0) is 4.74 Å². The first-order valence-corrected chi connectivity index (χ1v) is 16.2. The van der Waals surface area contributed by atoms with Gasteiger partial charge in [0, 0.05) is 48.7 Å². The van der Waals surface area contributed by atoms with Gasteiger partial charge in [-0.05, 0) is 62.2 Å². The summed E-state index contributed by atoms with van der Waals surface area (Å²) < 4.78 is 57.7. The highest BCUT2D eigenvalue weighted by atomic mass is 35.5. The molecule has 8 rings (SSSR count). The number of piperidine rings is 1. The van der Waals surface area contributed by atoms with Crippen molar-refractivity contribution < 1.29 is 27.8 Å². The van der Waals surface area contributed by atoms with E-state index >= 15 is 4.39 Å². The van der Waals surface area contributed by atoms with Gasteiger partial charge in [-0.3, -0.25) is 15.2 Å². The Balaban J connectivity index is 1.26. The molecule has 2 aromatic carbocycles. The van der Waals surface area contributed by atoms with E-state index in [4.69, 9.17) is 26.1 Å². The lowest BCUT2D eigenvalue weighted by molar-refractivity contribution is 0.0172. The second-order valence-electron chi connectivity index (χ2n) is 13.1. The zero-order valence-electron chi connectivity index (χ0n) is 25.2. The molecule has 0 radical (unpaired) electrons. The van der Waals surface area contributed by atoms with Crippen LogP contribution in [0, 0.1) is 11.6 Å². The maximum absolute atomic E-state index is 16.8. The van der Waals surface area contributed by atoms with Crippen LogP contribution < -0.4 is 15.0 Å². The average Bonchev–Trinajstić information content (AvgIpc) is 3.57. The lowest BCUT2D eigenvalue weighted by atomic mass is 9.85. The molecule has 13 heteroatoms. The van der Waals surface area contributed by atoms with E-state index in [0.717, 1.165) is 38.6 Å². The van der Waals surface area contributed by atoms with Gasteiger partial charge in [0.15, 0.2) is 5.82 Å². The van der Waals surface area contributed by atoms with E-state index in [1.54, 1.807) is 0 Å². The van der Waals surface area contributed by atoms with Crippen molar-refractivity contribution in [3.05, 3.63) is 47.1 Å². The third-order valence-corrected chi connectivity index (χ3v) is 10.6. The molecule has 4 aromatic rings. The number of pyridine rings is 1. The Bertz CT molecular complexity index is 1840. The molecule has 46 heavy (non-hydrogen) atoms. The summed E-state index contributed by atoms with van der Waals surface area (Å²) >= 11 is 6.38. The van der Waals surface area contributed by atoms with Gasteiger partial charge in [-0.2, -0.15) is 9.97 Å². The van der Waals surface area contributed by atoms with E-state index in [1.165, 1.54) is 30.5 Å². The maximum Gasteiger partial charge on any atom is 0.319 e. The van der Waals surface area contributed by atoms with Gasteiger partial charge >= 0.3 is 6.01 Å². The Morgan fingerprint density at radius 1 is 1.13 bits per heavy atom. The normalized spacial score (nSPS) is 26.8. The topological polar surface area (TPSA) is 95.9 Å². The maximum atomic E-state index is 16.8. The van der Waals surface area contributed by atoms with Crippen molar-refractivity contribution in [2.45, 2.75) is 55.8 Å². The predicted molar refractivity (Wildman–Crippen MR) is 168 cm³/mol. The molecular formula is C33H34ClF3N6O3. The molecule has 0 unspecified atom stereocenters. The van der Waals surface area contributed by atoms with Crippen LogP contribution in [0.15, 0.2) is 30.5 Å². The lowest BCUT2D eigenvalue weighted by Crippen LogP contribution is -2.60. The molecular weight excluding hydrogens is 621 g/mol. The van der Waals surface area contributed by atoms with Crippen LogP contribution in [0.4, 0.5) is 19.0 Å². The molecule has 4 aliphatic heterocycles. The van der Waals surface area contributed by atoms with Gasteiger partial charge in [0.25, 0.3) is 0 Å². The second-order valence-corrected chi connectivity index (χ2v) is 13.5. The molecule has 2 N–H and O–H groups in total. The Kier molecular flexibility index (Phi) is 7.39. The predicted octanol–water partition coefficient (Wildman–Crippen LogP) is 5.74. The van der Waals surface area contributed by atoms with Crippen molar-refractivity contribution in [1.82, 2.24) is 25.2 Å². The minimum Gasteiger partial charge on any atom is -0.508 e. The highest BCUT2D eigenvalue weighted by molar-refractivity contribution is 6.37. The van der Waals surface area contributed by atoms with Gasteiger partial charge in [0.2, 0.25) is 0 Å². The number of halogens is 4. The Morgan fingerprint density at radius 3 is 2.85 bits per heavy atom. The summed E-state index contributed by atoms with van der Waals surface area (Å²) in [4.78, 5) is 18.1. The number of ether oxygens (including phenoxy) is 2. The van der Waals surface area contributed by atoms with Gasteiger partial charge < -0.3 is 19.5 Å². The van der Waals surface area contributed by atoms with E-state index in [0.29, 0.717) is 56.0 Å². The molecule has 4 saturated heterocycles. The summed E-state index contributed by atoms with van der Waals surface area (Å²) in [5.41, 5.74) is -0.656. The summed E-state index contributed by atoms with van der Waals surface area (Å²) in [5.74, 6) is -1.11. The molecule has 9 nitrogen and oxygen atoms in total. The smallest absolute Gasteiger partial charge is 0.319 e. The van der Waals surface area contributed by atoms with Crippen molar-refractivity contribution in [2.75, 3.05) is 51.0 Å². The molecule has 242 valence electrons. The number of anilines is 1. The van der Waals surface area contributed by atoms with E-state index in [2.05, 4.69) is 25.1 Å². The number of benzene rings is 2. The van der Waals surface area contributed by atoms with Crippen LogP contribution >= 0.6 is 11.6 Å². The molecule has 0 amide bonds. The SMILES string of the molecule is Oc1cc(-c2ncc3c(N4CCC[C@]5(CCOCN5)C4)nc(OC[C@@]45CCCN4C[C@H](F)C5)nc3c2F)c2c(Cl)c(F)ccc2c1. The van der Waals surface area contributed by atoms with Crippen LogP contribution in [0.3, 0.4) is 0 Å². The van der Waals surface area contributed by atoms with E-state index < -0.39 is 23.3 Å². The molecule has 1 spiro atoms. The standard InChI is InChI=1S/C33H34ClF3N6O3/c34-26-24(36)4-3-19-11-21(44)12-22(25(19)26)28-27(37)29-23(14-38-28)30(42-8-1-5-32(16-42)7-10-45-18-39-32)41-31(40-29)46-17-33-6-2-9-43(33)15-20(35)13-33/h3-4,11-12,14,20,39,44H,1-2,5-10,13,15-18H2/t20-,32+,33+/m1/s1. The largest absolute Gasteiger partial charge is 0.508 e. The van der Waals surface area contributed by atoms with Gasteiger partial charge in [-0.1, -0.05) is 17.7 Å². The minimum atomic E-state index is -0.923. The number of fused-ring (bicyclic) bond motifs is 3. The van der Waals surface area contributed by atoms with E-state index in [1.807, 2.05) is 0 Å². The summed E-state index contributed by atoms with van der Waals surface area (Å²) in [5, 5.41) is 14.9. The Hall–Kier alpha value is -3.45. The monoisotopic (exact) mass is 654 g/mol. The van der Waals surface area contributed by atoms with Crippen LogP contribution in [0.2, 0.25) is 5.02 Å². The quantitative estimate of drug-likeness (QED) is 0.279. The minimum absolute atomic E-state index is 0.00788. The molecule has 6 heterocycles. The molecule has 3 atom stereocenters.